The molecular formula is C15H16ClN3. The van der Waals surface area contributed by atoms with Gasteiger partial charge in [0, 0.05) is 12.1 Å². The van der Waals surface area contributed by atoms with E-state index >= 15 is 0 Å². The summed E-state index contributed by atoms with van der Waals surface area (Å²) >= 11 is 6.18. The molecule has 0 amide bonds. The van der Waals surface area contributed by atoms with Crippen molar-refractivity contribution in [1.29, 1.82) is 0 Å². The fraction of sp³-hybridized carbons (Fsp3) is 0.333. The van der Waals surface area contributed by atoms with Crippen molar-refractivity contribution in [1.82, 2.24) is 9.97 Å². The number of aryl methyl sites for hydroxylation is 1. The first-order chi connectivity index (χ1) is 9.33. The van der Waals surface area contributed by atoms with Crippen molar-refractivity contribution in [3.05, 3.63) is 52.3 Å². The Balaban J connectivity index is 1.63. The van der Waals surface area contributed by atoms with Crippen LogP contribution in [0.3, 0.4) is 0 Å². The summed E-state index contributed by atoms with van der Waals surface area (Å²) in [6.45, 7) is 0.819. The minimum absolute atomic E-state index is 0.615. The van der Waals surface area contributed by atoms with Crippen molar-refractivity contribution >= 4 is 17.5 Å². The molecule has 0 bridgehead atoms. The molecule has 0 atom stereocenters. The summed E-state index contributed by atoms with van der Waals surface area (Å²) in [6, 6.07) is 10.4. The third kappa shape index (κ3) is 2.87. The summed E-state index contributed by atoms with van der Waals surface area (Å²) < 4.78 is 0. The summed E-state index contributed by atoms with van der Waals surface area (Å²) in [5, 5.41) is 3.87. The van der Waals surface area contributed by atoms with Crippen LogP contribution in [-0.4, -0.2) is 16.5 Å². The number of hydrogen-bond acceptors (Lipinski definition) is 3. The van der Waals surface area contributed by atoms with Gasteiger partial charge in [-0.25, -0.2) is 9.97 Å². The minimum atomic E-state index is 0.615. The van der Waals surface area contributed by atoms with Crippen LogP contribution in [0.15, 0.2) is 30.3 Å². The Labute approximate surface area is 118 Å². The highest BCUT2D eigenvalue weighted by atomic mass is 35.5. The van der Waals surface area contributed by atoms with Crippen LogP contribution in [0.4, 0.5) is 5.95 Å². The van der Waals surface area contributed by atoms with E-state index < -0.39 is 0 Å². The lowest BCUT2D eigenvalue weighted by molar-refractivity contribution is 0.898. The van der Waals surface area contributed by atoms with Gasteiger partial charge >= 0.3 is 0 Å². The summed E-state index contributed by atoms with van der Waals surface area (Å²) in [5.41, 5.74) is 3.56. The Morgan fingerprint density at radius 3 is 2.79 bits per heavy atom. The van der Waals surface area contributed by atoms with Gasteiger partial charge in [0.15, 0.2) is 0 Å². The molecule has 1 aromatic heterocycles. The van der Waals surface area contributed by atoms with Crippen LogP contribution in [0.5, 0.6) is 0 Å². The predicted molar refractivity (Wildman–Crippen MR) is 77.7 cm³/mol. The predicted octanol–water partition coefficient (Wildman–Crippen LogP) is 3.27. The molecule has 0 spiro atoms. The molecule has 1 aromatic carbocycles. The van der Waals surface area contributed by atoms with E-state index in [-0.39, 0.29) is 0 Å². The third-order valence-corrected chi connectivity index (χ3v) is 3.73. The Hall–Kier alpha value is -1.61. The van der Waals surface area contributed by atoms with Crippen LogP contribution in [-0.2, 0) is 19.3 Å². The van der Waals surface area contributed by atoms with Crippen LogP contribution < -0.4 is 5.32 Å². The topological polar surface area (TPSA) is 37.8 Å². The van der Waals surface area contributed by atoms with E-state index in [4.69, 9.17) is 11.6 Å². The molecule has 98 valence electrons. The van der Waals surface area contributed by atoms with Crippen molar-refractivity contribution < 1.29 is 0 Å². The molecule has 4 heteroatoms. The van der Waals surface area contributed by atoms with Gasteiger partial charge in [0.1, 0.15) is 5.15 Å². The molecule has 0 saturated carbocycles. The van der Waals surface area contributed by atoms with Crippen LogP contribution in [0.2, 0.25) is 5.15 Å². The van der Waals surface area contributed by atoms with Crippen LogP contribution in [0, 0.1) is 0 Å². The van der Waals surface area contributed by atoms with Gasteiger partial charge in [-0.3, -0.25) is 0 Å². The number of benzene rings is 1. The molecule has 19 heavy (non-hydrogen) atoms. The van der Waals surface area contributed by atoms with Gasteiger partial charge in [-0.1, -0.05) is 41.9 Å². The fourth-order valence-electron chi connectivity index (χ4n) is 2.43. The first-order valence-electron chi connectivity index (χ1n) is 6.66. The molecule has 0 fully saturated rings. The Morgan fingerprint density at radius 2 is 1.95 bits per heavy atom. The number of hydrogen-bond donors (Lipinski definition) is 1. The van der Waals surface area contributed by atoms with Gasteiger partial charge in [0.25, 0.3) is 0 Å². The van der Waals surface area contributed by atoms with E-state index in [1.807, 2.05) is 6.07 Å². The van der Waals surface area contributed by atoms with Crippen molar-refractivity contribution in [3.63, 3.8) is 0 Å². The third-order valence-electron chi connectivity index (χ3n) is 3.42. The highest BCUT2D eigenvalue weighted by Gasteiger charge is 2.17. The molecule has 1 aliphatic carbocycles. The molecule has 0 aliphatic heterocycles. The maximum atomic E-state index is 6.18. The van der Waals surface area contributed by atoms with E-state index in [9.17, 15) is 0 Å². The SMILES string of the molecule is Clc1nc(NCCc2ccccc2)nc2c1CCC2. The maximum Gasteiger partial charge on any atom is 0.224 e. The van der Waals surface area contributed by atoms with Crippen molar-refractivity contribution in [2.75, 3.05) is 11.9 Å². The molecule has 3 rings (SSSR count). The summed E-state index contributed by atoms with van der Waals surface area (Å²) in [6.07, 6.45) is 4.12. The van der Waals surface area contributed by atoms with E-state index in [0.29, 0.717) is 11.1 Å². The standard InChI is InChI=1S/C15H16ClN3/c16-14-12-7-4-8-13(12)18-15(19-14)17-10-9-11-5-2-1-3-6-11/h1-3,5-6H,4,7-10H2,(H,17,18,19). The number of anilines is 1. The Kier molecular flexibility index (Phi) is 3.65. The van der Waals surface area contributed by atoms with E-state index in [0.717, 1.165) is 43.5 Å². The minimum Gasteiger partial charge on any atom is -0.354 e. The monoisotopic (exact) mass is 273 g/mol. The van der Waals surface area contributed by atoms with Gasteiger partial charge in [-0.15, -0.1) is 0 Å². The second-order valence-corrected chi connectivity index (χ2v) is 5.14. The van der Waals surface area contributed by atoms with Crippen LogP contribution in [0.25, 0.3) is 0 Å². The van der Waals surface area contributed by atoms with Gasteiger partial charge in [-0.05, 0) is 31.2 Å². The first kappa shape index (κ1) is 12.4. The first-order valence-corrected chi connectivity index (χ1v) is 7.04. The van der Waals surface area contributed by atoms with Crippen LogP contribution in [0.1, 0.15) is 23.2 Å². The van der Waals surface area contributed by atoms with E-state index in [1.165, 1.54) is 5.56 Å². The van der Waals surface area contributed by atoms with Gasteiger partial charge in [0.05, 0.1) is 5.69 Å². The van der Waals surface area contributed by atoms with E-state index in [2.05, 4.69) is 39.6 Å². The molecular weight excluding hydrogens is 258 g/mol. The lowest BCUT2D eigenvalue weighted by atomic mass is 10.1. The second kappa shape index (κ2) is 5.57. The van der Waals surface area contributed by atoms with Gasteiger partial charge in [0.2, 0.25) is 5.95 Å². The van der Waals surface area contributed by atoms with Gasteiger partial charge < -0.3 is 5.32 Å². The van der Waals surface area contributed by atoms with Crippen LogP contribution >= 0.6 is 11.6 Å². The van der Waals surface area contributed by atoms with Crippen molar-refractivity contribution in [3.8, 4) is 0 Å². The quantitative estimate of drug-likeness (QED) is 0.869. The Morgan fingerprint density at radius 1 is 1.11 bits per heavy atom. The molecule has 3 nitrogen and oxygen atoms in total. The zero-order valence-electron chi connectivity index (χ0n) is 10.7. The zero-order chi connectivity index (χ0) is 13.1. The average molecular weight is 274 g/mol. The lowest BCUT2D eigenvalue weighted by Crippen LogP contribution is -2.09. The smallest absolute Gasteiger partial charge is 0.224 e. The number of fused-ring (bicyclic) bond motifs is 1. The molecule has 0 radical (unpaired) electrons. The molecule has 2 aromatic rings. The normalized spacial score (nSPS) is 13.3. The number of nitrogens with one attached hydrogen (secondary N) is 1. The summed E-state index contributed by atoms with van der Waals surface area (Å²) in [7, 11) is 0. The van der Waals surface area contributed by atoms with E-state index in [1.54, 1.807) is 0 Å². The molecule has 1 aliphatic rings. The molecule has 0 unspecified atom stereocenters. The molecule has 1 heterocycles. The summed E-state index contributed by atoms with van der Waals surface area (Å²) in [4.78, 5) is 8.86. The summed E-state index contributed by atoms with van der Waals surface area (Å²) in [5.74, 6) is 0.654. The lowest BCUT2D eigenvalue weighted by Gasteiger charge is -2.08. The van der Waals surface area contributed by atoms with Crippen molar-refractivity contribution in [2.45, 2.75) is 25.7 Å². The highest BCUT2D eigenvalue weighted by molar-refractivity contribution is 6.30. The number of nitrogens with zero attached hydrogens (tertiary/aromatic N) is 2. The van der Waals surface area contributed by atoms with Crippen molar-refractivity contribution in [2.24, 2.45) is 0 Å². The number of halogens is 1. The number of aromatic nitrogens is 2. The van der Waals surface area contributed by atoms with Gasteiger partial charge in [-0.2, -0.15) is 0 Å². The molecule has 0 saturated heterocycles. The Bertz CT molecular complexity index is 569. The average Bonchev–Trinajstić information content (AvgIpc) is 2.89. The zero-order valence-corrected chi connectivity index (χ0v) is 11.5. The molecule has 1 N–H and O–H groups in total. The fourth-order valence-corrected chi connectivity index (χ4v) is 2.71. The maximum absolute atomic E-state index is 6.18. The largest absolute Gasteiger partial charge is 0.354 e. The highest BCUT2D eigenvalue weighted by Crippen LogP contribution is 2.26. The second-order valence-electron chi connectivity index (χ2n) is 4.78. The number of rotatable bonds is 4.